The van der Waals surface area contributed by atoms with Gasteiger partial charge < -0.3 is 20.4 Å². The summed E-state index contributed by atoms with van der Waals surface area (Å²) in [5.74, 6) is 0.215. The highest BCUT2D eigenvalue weighted by Gasteiger charge is 2.21. The SMILES string of the molecule is O=C1CCCN1c1ccc(NC(=S)NCCCN2CCCCCC2)cc1. The van der Waals surface area contributed by atoms with E-state index in [0.29, 0.717) is 11.5 Å². The highest BCUT2D eigenvalue weighted by molar-refractivity contribution is 7.80. The van der Waals surface area contributed by atoms with E-state index in [2.05, 4.69) is 15.5 Å². The first-order valence-corrected chi connectivity index (χ1v) is 10.3. The van der Waals surface area contributed by atoms with Crippen LogP contribution in [0.3, 0.4) is 0 Å². The minimum atomic E-state index is 0.215. The Morgan fingerprint density at radius 3 is 2.38 bits per heavy atom. The van der Waals surface area contributed by atoms with E-state index in [1.54, 1.807) is 0 Å². The molecular weight excluding hydrogens is 344 g/mol. The van der Waals surface area contributed by atoms with Crippen LogP contribution < -0.4 is 15.5 Å². The summed E-state index contributed by atoms with van der Waals surface area (Å²) in [4.78, 5) is 16.2. The van der Waals surface area contributed by atoms with Crippen molar-refractivity contribution in [3.63, 3.8) is 0 Å². The van der Waals surface area contributed by atoms with Crippen LogP contribution in [0.2, 0.25) is 0 Å². The van der Waals surface area contributed by atoms with E-state index in [4.69, 9.17) is 12.2 Å². The van der Waals surface area contributed by atoms with E-state index in [-0.39, 0.29) is 5.91 Å². The molecule has 0 radical (unpaired) electrons. The Morgan fingerprint density at radius 1 is 1.00 bits per heavy atom. The van der Waals surface area contributed by atoms with Crippen LogP contribution in [0.5, 0.6) is 0 Å². The highest BCUT2D eigenvalue weighted by Crippen LogP contribution is 2.22. The second-order valence-electron chi connectivity index (χ2n) is 7.19. The van der Waals surface area contributed by atoms with Gasteiger partial charge >= 0.3 is 0 Å². The third-order valence-corrected chi connectivity index (χ3v) is 5.39. The van der Waals surface area contributed by atoms with Gasteiger partial charge in [-0.2, -0.15) is 0 Å². The molecule has 0 atom stereocenters. The molecular formula is C20H30N4OS. The maximum absolute atomic E-state index is 11.8. The van der Waals surface area contributed by atoms with Crippen LogP contribution in [-0.4, -0.2) is 48.6 Å². The van der Waals surface area contributed by atoms with Crippen molar-refractivity contribution in [1.29, 1.82) is 0 Å². The van der Waals surface area contributed by atoms with Crippen molar-refractivity contribution < 1.29 is 4.79 Å². The molecule has 6 heteroatoms. The molecule has 2 aliphatic heterocycles. The number of carbonyl (C=O) groups excluding carboxylic acids is 1. The maximum Gasteiger partial charge on any atom is 0.227 e. The summed E-state index contributed by atoms with van der Waals surface area (Å²) >= 11 is 5.39. The van der Waals surface area contributed by atoms with Gasteiger partial charge in [-0.3, -0.25) is 4.79 Å². The third kappa shape index (κ3) is 5.68. The Kier molecular flexibility index (Phi) is 7.26. The number of benzene rings is 1. The summed E-state index contributed by atoms with van der Waals surface area (Å²) in [6.07, 6.45) is 8.16. The first-order chi connectivity index (χ1) is 12.7. The molecule has 0 saturated carbocycles. The van der Waals surface area contributed by atoms with E-state index in [9.17, 15) is 4.79 Å². The van der Waals surface area contributed by atoms with Crippen molar-refractivity contribution in [1.82, 2.24) is 10.2 Å². The fourth-order valence-electron chi connectivity index (χ4n) is 3.69. The quantitative estimate of drug-likeness (QED) is 0.591. The van der Waals surface area contributed by atoms with Gasteiger partial charge in [0, 0.05) is 30.9 Å². The molecule has 5 nitrogen and oxygen atoms in total. The molecule has 0 aromatic heterocycles. The minimum absolute atomic E-state index is 0.215. The first-order valence-electron chi connectivity index (χ1n) is 9.90. The van der Waals surface area contributed by atoms with Crippen LogP contribution in [0, 0.1) is 0 Å². The van der Waals surface area contributed by atoms with Crippen molar-refractivity contribution in [2.24, 2.45) is 0 Å². The second kappa shape index (κ2) is 9.88. The maximum atomic E-state index is 11.8. The monoisotopic (exact) mass is 374 g/mol. The Labute approximate surface area is 162 Å². The predicted octanol–water partition coefficient (Wildman–Crippen LogP) is 3.37. The number of carbonyl (C=O) groups is 1. The average molecular weight is 375 g/mol. The summed E-state index contributed by atoms with van der Waals surface area (Å²) in [5.41, 5.74) is 1.92. The zero-order chi connectivity index (χ0) is 18.2. The molecule has 0 aliphatic carbocycles. The molecule has 2 heterocycles. The lowest BCUT2D eigenvalue weighted by molar-refractivity contribution is -0.117. The number of amides is 1. The lowest BCUT2D eigenvalue weighted by Crippen LogP contribution is -2.32. The van der Waals surface area contributed by atoms with Gasteiger partial charge in [0.05, 0.1) is 0 Å². The summed E-state index contributed by atoms with van der Waals surface area (Å²) in [7, 11) is 0. The van der Waals surface area contributed by atoms with Gasteiger partial charge in [0.2, 0.25) is 5.91 Å². The number of anilines is 2. The largest absolute Gasteiger partial charge is 0.362 e. The number of thiocarbonyl (C=S) groups is 1. The molecule has 1 aromatic rings. The molecule has 2 aliphatic rings. The Balaban J connectivity index is 1.36. The smallest absolute Gasteiger partial charge is 0.227 e. The normalized spacial score (nSPS) is 18.6. The molecule has 1 amide bonds. The first kappa shape index (κ1) is 19.1. The Hall–Kier alpha value is -1.66. The van der Waals surface area contributed by atoms with Crippen LogP contribution in [0.4, 0.5) is 11.4 Å². The number of hydrogen-bond donors (Lipinski definition) is 2. The molecule has 0 unspecified atom stereocenters. The molecule has 3 rings (SSSR count). The highest BCUT2D eigenvalue weighted by atomic mass is 32.1. The van der Waals surface area contributed by atoms with Crippen molar-refractivity contribution in [3.05, 3.63) is 24.3 Å². The van der Waals surface area contributed by atoms with Crippen LogP contribution in [-0.2, 0) is 4.79 Å². The second-order valence-corrected chi connectivity index (χ2v) is 7.59. The molecule has 0 spiro atoms. The topological polar surface area (TPSA) is 47.6 Å². The van der Waals surface area contributed by atoms with E-state index < -0.39 is 0 Å². The lowest BCUT2D eigenvalue weighted by atomic mass is 10.2. The van der Waals surface area contributed by atoms with Gasteiger partial charge in [-0.05, 0) is 81.8 Å². The summed E-state index contributed by atoms with van der Waals surface area (Å²) in [5, 5.41) is 7.17. The number of likely N-dealkylation sites (tertiary alicyclic amines) is 1. The number of nitrogens with one attached hydrogen (secondary N) is 2. The van der Waals surface area contributed by atoms with E-state index in [1.807, 2.05) is 29.2 Å². The predicted molar refractivity (Wildman–Crippen MR) is 112 cm³/mol. The fraction of sp³-hybridized carbons (Fsp3) is 0.600. The van der Waals surface area contributed by atoms with Gasteiger partial charge in [0.15, 0.2) is 5.11 Å². The van der Waals surface area contributed by atoms with E-state index >= 15 is 0 Å². The standard InChI is InChI=1S/C20H30N4OS/c25-19-7-5-16-24(19)18-10-8-17(9-11-18)22-20(26)21-12-6-15-23-13-3-1-2-4-14-23/h8-11H,1-7,12-16H2,(H2,21,22,26). The third-order valence-electron chi connectivity index (χ3n) is 5.15. The van der Waals surface area contributed by atoms with Crippen molar-refractivity contribution in [2.75, 3.05) is 42.9 Å². The van der Waals surface area contributed by atoms with Gasteiger partial charge in [0.25, 0.3) is 0 Å². The van der Waals surface area contributed by atoms with Crippen LogP contribution in [0.15, 0.2) is 24.3 Å². The number of rotatable bonds is 6. The van der Waals surface area contributed by atoms with Gasteiger partial charge in [-0.1, -0.05) is 12.8 Å². The van der Waals surface area contributed by atoms with Crippen molar-refractivity contribution in [3.8, 4) is 0 Å². The van der Waals surface area contributed by atoms with Gasteiger partial charge in [-0.25, -0.2) is 0 Å². The molecule has 1 aromatic carbocycles. The molecule has 142 valence electrons. The van der Waals surface area contributed by atoms with E-state index in [1.165, 1.54) is 38.8 Å². The molecule has 2 fully saturated rings. The molecule has 2 N–H and O–H groups in total. The Morgan fingerprint density at radius 2 is 1.73 bits per heavy atom. The number of nitrogens with zero attached hydrogens (tertiary/aromatic N) is 2. The zero-order valence-electron chi connectivity index (χ0n) is 15.5. The molecule has 26 heavy (non-hydrogen) atoms. The average Bonchev–Trinajstić information content (AvgIpc) is 2.91. The summed E-state index contributed by atoms with van der Waals surface area (Å²) < 4.78 is 0. The minimum Gasteiger partial charge on any atom is -0.362 e. The van der Waals surface area contributed by atoms with Crippen LogP contribution in [0.25, 0.3) is 0 Å². The Bertz CT molecular complexity index is 596. The number of hydrogen-bond acceptors (Lipinski definition) is 3. The van der Waals surface area contributed by atoms with Crippen molar-refractivity contribution >= 4 is 34.6 Å². The van der Waals surface area contributed by atoms with Crippen molar-refractivity contribution in [2.45, 2.75) is 44.9 Å². The summed E-state index contributed by atoms with van der Waals surface area (Å²) in [6, 6.07) is 7.92. The van der Waals surface area contributed by atoms with E-state index in [0.717, 1.165) is 43.9 Å². The van der Waals surface area contributed by atoms with Gasteiger partial charge in [0.1, 0.15) is 0 Å². The lowest BCUT2D eigenvalue weighted by Gasteiger charge is -2.20. The fourth-order valence-corrected chi connectivity index (χ4v) is 3.91. The summed E-state index contributed by atoms with van der Waals surface area (Å²) in [6.45, 7) is 5.35. The van der Waals surface area contributed by atoms with Gasteiger partial charge in [-0.15, -0.1) is 0 Å². The molecule has 2 saturated heterocycles. The molecule has 0 bridgehead atoms. The van der Waals surface area contributed by atoms with Crippen LogP contribution in [0.1, 0.15) is 44.9 Å². The van der Waals surface area contributed by atoms with Crippen LogP contribution >= 0.6 is 12.2 Å². The zero-order valence-corrected chi connectivity index (χ0v) is 16.3.